The van der Waals surface area contributed by atoms with Crippen LogP contribution < -0.4 is 0 Å². The maximum atomic E-state index is 12.5. The Morgan fingerprint density at radius 3 is 2.74 bits per heavy atom. The molecule has 1 aliphatic rings. The Kier molecular flexibility index (Phi) is 4.10. The molecule has 0 radical (unpaired) electrons. The number of carbonyl (C=O) groups is 1. The Balaban J connectivity index is 2.16. The van der Waals surface area contributed by atoms with Crippen LogP contribution in [0.25, 0.3) is 0 Å². The minimum Gasteiger partial charge on any atom is -0.338 e. The van der Waals surface area contributed by atoms with Gasteiger partial charge in [0, 0.05) is 19.0 Å². The van der Waals surface area contributed by atoms with Gasteiger partial charge in [-0.25, -0.2) is 0 Å². The molecule has 2 rings (SSSR count). The number of nitrogens with zero attached hydrogens (tertiary/aromatic N) is 4. The topological polar surface area (TPSA) is 69.9 Å². The van der Waals surface area contributed by atoms with Crippen LogP contribution in [-0.2, 0) is 6.42 Å². The van der Waals surface area contributed by atoms with E-state index < -0.39 is 0 Å². The van der Waals surface area contributed by atoms with Gasteiger partial charge in [-0.05, 0) is 32.3 Å². The van der Waals surface area contributed by atoms with Crippen LogP contribution >= 0.6 is 0 Å². The Hall–Kier alpha value is -1.96. The van der Waals surface area contributed by atoms with E-state index in [0.717, 1.165) is 24.2 Å². The van der Waals surface area contributed by atoms with Gasteiger partial charge in [-0.1, -0.05) is 6.92 Å². The SMILES string of the molecule is CCc1nnc(C)cc1C(=O)N1CCC(C#N)CC1. The molecule has 1 amide bonds. The molecule has 0 bridgehead atoms. The average Bonchev–Trinajstić information content (AvgIpc) is 2.46. The van der Waals surface area contributed by atoms with E-state index >= 15 is 0 Å². The molecule has 0 unspecified atom stereocenters. The van der Waals surface area contributed by atoms with Crippen LogP contribution in [0.1, 0.15) is 41.5 Å². The van der Waals surface area contributed by atoms with E-state index in [9.17, 15) is 4.79 Å². The first kappa shape index (κ1) is 13.5. The molecule has 5 nitrogen and oxygen atoms in total. The number of rotatable bonds is 2. The van der Waals surface area contributed by atoms with E-state index in [1.807, 2.05) is 24.8 Å². The summed E-state index contributed by atoms with van der Waals surface area (Å²) in [6, 6.07) is 4.08. The van der Waals surface area contributed by atoms with Gasteiger partial charge in [0.05, 0.1) is 23.0 Å². The molecule has 5 heteroatoms. The summed E-state index contributed by atoms with van der Waals surface area (Å²) in [6.45, 7) is 5.12. The smallest absolute Gasteiger partial charge is 0.255 e. The van der Waals surface area contributed by atoms with E-state index in [4.69, 9.17) is 5.26 Å². The summed E-state index contributed by atoms with van der Waals surface area (Å²) in [5, 5.41) is 17.0. The van der Waals surface area contributed by atoms with E-state index in [0.29, 0.717) is 25.1 Å². The standard InChI is InChI=1S/C14H18N4O/c1-3-13-12(8-10(2)16-17-13)14(19)18-6-4-11(9-15)5-7-18/h8,11H,3-7H2,1-2H3. The lowest BCUT2D eigenvalue weighted by molar-refractivity contribution is 0.0705. The zero-order chi connectivity index (χ0) is 13.8. The van der Waals surface area contributed by atoms with Gasteiger partial charge in [0.1, 0.15) is 0 Å². The number of likely N-dealkylation sites (tertiary alicyclic amines) is 1. The summed E-state index contributed by atoms with van der Waals surface area (Å²) in [4.78, 5) is 14.3. The van der Waals surface area contributed by atoms with Crippen molar-refractivity contribution in [1.29, 1.82) is 5.26 Å². The molecule has 1 aromatic heterocycles. The van der Waals surface area contributed by atoms with Crippen LogP contribution in [0.2, 0.25) is 0 Å². The molecule has 1 saturated heterocycles. The normalized spacial score (nSPS) is 16.2. The summed E-state index contributed by atoms with van der Waals surface area (Å²) in [7, 11) is 0. The Morgan fingerprint density at radius 1 is 1.47 bits per heavy atom. The second-order valence-corrected chi connectivity index (χ2v) is 4.90. The monoisotopic (exact) mass is 258 g/mol. The van der Waals surface area contributed by atoms with Gasteiger partial charge < -0.3 is 4.90 Å². The van der Waals surface area contributed by atoms with E-state index in [-0.39, 0.29) is 11.8 Å². The Labute approximate surface area is 113 Å². The van der Waals surface area contributed by atoms with Crippen molar-refractivity contribution in [2.45, 2.75) is 33.1 Å². The fourth-order valence-corrected chi connectivity index (χ4v) is 2.34. The van der Waals surface area contributed by atoms with Crippen molar-refractivity contribution in [3.63, 3.8) is 0 Å². The van der Waals surface area contributed by atoms with Crippen molar-refractivity contribution in [1.82, 2.24) is 15.1 Å². The molecule has 0 aromatic carbocycles. The molecule has 0 N–H and O–H groups in total. The lowest BCUT2D eigenvalue weighted by atomic mass is 9.97. The minimum atomic E-state index is 0.0197. The van der Waals surface area contributed by atoms with Gasteiger partial charge >= 0.3 is 0 Å². The van der Waals surface area contributed by atoms with Crippen molar-refractivity contribution in [2.75, 3.05) is 13.1 Å². The number of nitriles is 1. The summed E-state index contributed by atoms with van der Waals surface area (Å²) in [5.41, 5.74) is 2.16. The number of hydrogen-bond donors (Lipinski definition) is 0. The highest BCUT2D eigenvalue weighted by atomic mass is 16.2. The molecule has 100 valence electrons. The van der Waals surface area contributed by atoms with Crippen LogP contribution in [0.4, 0.5) is 0 Å². The number of carbonyl (C=O) groups excluding carboxylic acids is 1. The van der Waals surface area contributed by atoms with Crippen LogP contribution in [0.5, 0.6) is 0 Å². The minimum absolute atomic E-state index is 0.0197. The molecule has 1 aliphatic heterocycles. The number of hydrogen-bond acceptors (Lipinski definition) is 4. The quantitative estimate of drug-likeness (QED) is 0.810. The lowest BCUT2D eigenvalue weighted by Crippen LogP contribution is -2.38. The van der Waals surface area contributed by atoms with Crippen molar-refractivity contribution in [3.8, 4) is 6.07 Å². The summed E-state index contributed by atoms with van der Waals surface area (Å²) < 4.78 is 0. The maximum Gasteiger partial charge on any atom is 0.255 e. The summed E-state index contributed by atoms with van der Waals surface area (Å²) in [5.74, 6) is 0.109. The van der Waals surface area contributed by atoms with Gasteiger partial charge in [0.2, 0.25) is 0 Å². The fourth-order valence-electron chi connectivity index (χ4n) is 2.34. The number of aromatic nitrogens is 2. The third kappa shape index (κ3) is 2.90. The van der Waals surface area contributed by atoms with Crippen LogP contribution in [0.15, 0.2) is 6.07 Å². The van der Waals surface area contributed by atoms with Crippen LogP contribution in [-0.4, -0.2) is 34.1 Å². The maximum absolute atomic E-state index is 12.5. The highest BCUT2D eigenvalue weighted by Crippen LogP contribution is 2.19. The van der Waals surface area contributed by atoms with Crippen molar-refractivity contribution in [2.24, 2.45) is 5.92 Å². The van der Waals surface area contributed by atoms with Crippen molar-refractivity contribution < 1.29 is 4.79 Å². The summed E-state index contributed by atoms with van der Waals surface area (Å²) >= 11 is 0. The first-order chi connectivity index (χ1) is 9.15. The third-order valence-electron chi connectivity index (χ3n) is 3.52. The molecule has 0 aliphatic carbocycles. The predicted molar refractivity (Wildman–Crippen MR) is 70.4 cm³/mol. The number of amides is 1. The summed E-state index contributed by atoms with van der Waals surface area (Å²) in [6.07, 6.45) is 2.23. The Morgan fingerprint density at radius 2 is 2.16 bits per heavy atom. The van der Waals surface area contributed by atoms with Gasteiger partial charge in [-0.2, -0.15) is 15.5 Å². The zero-order valence-corrected chi connectivity index (χ0v) is 11.4. The lowest BCUT2D eigenvalue weighted by Gasteiger charge is -2.29. The largest absolute Gasteiger partial charge is 0.338 e. The first-order valence-electron chi connectivity index (χ1n) is 6.67. The molecular weight excluding hydrogens is 240 g/mol. The fraction of sp³-hybridized carbons (Fsp3) is 0.571. The van der Waals surface area contributed by atoms with Crippen molar-refractivity contribution >= 4 is 5.91 Å². The van der Waals surface area contributed by atoms with Gasteiger partial charge in [-0.15, -0.1) is 0 Å². The highest BCUT2D eigenvalue weighted by molar-refractivity contribution is 5.95. The van der Waals surface area contributed by atoms with E-state index in [1.165, 1.54) is 0 Å². The van der Waals surface area contributed by atoms with E-state index in [2.05, 4.69) is 16.3 Å². The van der Waals surface area contributed by atoms with Crippen molar-refractivity contribution in [3.05, 3.63) is 23.0 Å². The second-order valence-electron chi connectivity index (χ2n) is 4.90. The molecular formula is C14H18N4O. The molecule has 19 heavy (non-hydrogen) atoms. The average molecular weight is 258 g/mol. The molecule has 2 heterocycles. The van der Waals surface area contributed by atoms with Gasteiger partial charge in [0.25, 0.3) is 5.91 Å². The van der Waals surface area contributed by atoms with Gasteiger partial charge in [0.15, 0.2) is 0 Å². The van der Waals surface area contributed by atoms with Crippen LogP contribution in [0.3, 0.4) is 0 Å². The zero-order valence-electron chi connectivity index (χ0n) is 11.4. The second kappa shape index (κ2) is 5.79. The highest BCUT2D eigenvalue weighted by Gasteiger charge is 2.25. The van der Waals surface area contributed by atoms with Crippen LogP contribution in [0, 0.1) is 24.2 Å². The molecule has 1 fully saturated rings. The van der Waals surface area contributed by atoms with E-state index in [1.54, 1.807) is 0 Å². The first-order valence-corrected chi connectivity index (χ1v) is 6.67. The molecule has 0 atom stereocenters. The third-order valence-corrected chi connectivity index (χ3v) is 3.52. The molecule has 0 saturated carbocycles. The van der Waals surface area contributed by atoms with Gasteiger partial charge in [-0.3, -0.25) is 4.79 Å². The predicted octanol–water partition coefficient (Wildman–Crippen LogP) is 1.72. The number of aryl methyl sites for hydroxylation is 2. The molecule has 0 spiro atoms. The Bertz CT molecular complexity index is 513. The number of piperidine rings is 1. The molecule has 1 aromatic rings.